The predicted molar refractivity (Wildman–Crippen MR) is 111 cm³/mol. The first kappa shape index (κ1) is 21.1. The van der Waals surface area contributed by atoms with Gasteiger partial charge in [0, 0.05) is 17.0 Å². The summed E-state index contributed by atoms with van der Waals surface area (Å²) in [5.41, 5.74) is 2.48. The number of ether oxygens (including phenoxy) is 1. The van der Waals surface area contributed by atoms with Gasteiger partial charge in [0.05, 0.1) is 29.2 Å². The highest BCUT2D eigenvalue weighted by Crippen LogP contribution is 2.54. The number of halogens is 4. The smallest absolute Gasteiger partial charge is 0.452 e. The molecule has 2 aliphatic rings. The van der Waals surface area contributed by atoms with Gasteiger partial charge in [-0.15, -0.1) is 22.0 Å². The van der Waals surface area contributed by atoms with Gasteiger partial charge in [0.25, 0.3) is 0 Å². The van der Waals surface area contributed by atoms with E-state index in [-0.39, 0.29) is 11.5 Å². The van der Waals surface area contributed by atoms with Gasteiger partial charge in [0.15, 0.2) is 5.82 Å². The number of fused-ring (bicyclic) bond motifs is 4. The Balaban J connectivity index is 1.79. The summed E-state index contributed by atoms with van der Waals surface area (Å²) in [5.74, 6) is -1.74. The Bertz CT molecular complexity index is 1230. The van der Waals surface area contributed by atoms with Crippen LogP contribution in [0.15, 0.2) is 36.4 Å². The molecule has 2 aliphatic heterocycles. The molecule has 3 heterocycles. The fraction of sp³-hybridized carbons (Fsp3) is 0.286. The van der Waals surface area contributed by atoms with Crippen LogP contribution in [0.3, 0.4) is 0 Å². The third-order valence-corrected chi connectivity index (χ3v) is 7.15. The van der Waals surface area contributed by atoms with Gasteiger partial charge in [-0.25, -0.2) is 0 Å². The first-order valence-corrected chi connectivity index (χ1v) is 11.0. The molecule has 0 saturated carbocycles. The second-order valence-corrected chi connectivity index (χ2v) is 9.20. The van der Waals surface area contributed by atoms with E-state index in [4.69, 9.17) is 16.3 Å². The molecule has 0 aliphatic carbocycles. The lowest BCUT2D eigenvalue weighted by Gasteiger charge is -2.22. The average molecular weight is 482 g/mol. The number of alkyl halides is 3. The highest BCUT2D eigenvalue weighted by Gasteiger charge is 2.43. The maximum Gasteiger partial charge on any atom is 0.452 e. The Hall–Kier alpha value is -2.72. The molecule has 1 aromatic heterocycles. The lowest BCUT2D eigenvalue weighted by molar-refractivity contribution is -0.146. The monoisotopic (exact) mass is 481 g/mol. The molecule has 3 aromatic rings. The van der Waals surface area contributed by atoms with Crippen LogP contribution in [0, 0.1) is 0 Å². The largest absolute Gasteiger partial charge is 0.493 e. The van der Waals surface area contributed by atoms with Crippen molar-refractivity contribution >= 4 is 29.3 Å². The zero-order valence-corrected chi connectivity index (χ0v) is 17.8. The Morgan fingerprint density at radius 1 is 1.25 bits per heavy atom. The second-order valence-electron chi connectivity index (χ2n) is 7.45. The van der Waals surface area contributed by atoms with Crippen LogP contribution >= 0.6 is 23.4 Å². The van der Waals surface area contributed by atoms with Crippen LogP contribution in [0.5, 0.6) is 5.75 Å². The number of nitrogens with zero attached hydrogens (tertiary/aromatic N) is 3. The van der Waals surface area contributed by atoms with Crippen molar-refractivity contribution in [3.05, 3.63) is 69.8 Å². The quantitative estimate of drug-likeness (QED) is 0.552. The van der Waals surface area contributed by atoms with E-state index in [9.17, 15) is 23.1 Å². The number of carboxylic acids is 1. The van der Waals surface area contributed by atoms with Crippen molar-refractivity contribution in [2.45, 2.75) is 29.5 Å². The first-order chi connectivity index (χ1) is 15.2. The van der Waals surface area contributed by atoms with E-state index >= 15 is 0 Å². The lowest BCUT2D eigenvalue weighted by atomic mass is 9.99. The molecule has 0 fully saturated rings. The summed E-state index contributed by atoms with van der Waals surface area (Å²) in [4.78, 5) is 11.6. The molecule has 6 nitrogen and oxygen atoms in total. The minimum Gasteiger partial charge on any atom is -0.493 e. The summed E-state index contributed by atoms with van der Waals surface area (Å²) in [7, 11) is 0. The van der Waals surface area contributed by atoms with Crippen molar-refractivity contribution in [2.24, 2.45) is 0 Å². The zero-order valence-electron chi connectivity index (χ0n) is 16.3. The number of benzene rings is 2. The summed E-state index contributed by atoms with van der Waals surface area (Å²) in [6.45, 7) is 0.508. The van der Waals surface area contributed by atoms with Crippen molar-refractivity contribution in [2.75, 3.05) is 6.61 Å². The van der Waals surface area contributed by atoms with Gasteiger partial charge in [-0.05, 0) is 29.3 Å². The Labute approximate surface area is 189 Å². The molecular weight excluding hydrogens is 467 g/mol. The number of para-hydroxylation sites is 1. The van der Waals surface area contributed by atoms with Crippen LogP contribution < -0.4 is 4.74 Å². The topological polar surface area (TPSA) is 77.2 Å². The van der Waals surface area contributed by atoms with E-state index in [0.29, 0.717) is 22.9 Å². The third kappa shape index (κ3) is 3.51. The summed E-state index contributed by atoms with van der Waals surface area (Å²) >= 11 is 7.46. The highest BCUT2D eigenvalue weighted by molar-refractivity contribution is 8.00. The normalized spacial score (nSPS) is 19.5. The molecule has 0 bridgehead atoms. The zero-order chi connectivity index (χ0) is 22.6. The Morgan fingerprint density at radius 2 is 2.06 bits per heavy atom. The van der Waals surface area contributed by atoms with Crippen LogP contribution in [0.1, 0.15) is 45.3 Å². The number of hydrogen-bond donors (Lipinski definition) is 1. The molecule has 11 heteroatoms. The molecule has 1 N–H and O–H groups in total. The fourth-order valence-corrected chi connectivity index (χ4v) is 5.84. The third-order valence-electron chi connectivity index (χ3n) is 5.43. The number of thioether (sulfide) groups is 1. The minimum absolute atomic E-state index is 0.0655. The first-order valence-electron chi connectivity index (χ1n) is 9.68. The van der Waals surface area contributed by atoms with Crippen LogP contribution in [0.2, 0.25) is 5.02 Å². The average Bonchev–Trinajstić information content (AvgIpc) is 3.35. The van der Waals surface area contributed by atoms with Gasteiger partial charge in [-0.3, -0.25) is 9.36 Å². The lowest BCUT2D eigenvalue weighted by Crippen LogP contribution is -2.16. The van der Waals surface area contributed by atoms with E-state index in [1.807, 2.05) is 18.2 Å². The molecule has 0 spiro atoms. The SMILES string of the molecule is O=C(O)C[C@H]1S[C@H](c2cccc3c2OCC3)c2cc(Cl)ccc2-n2c1nnc2C(F)(F)F. The van der Waals surface area contributed by atoms with Crippen LogP contribution in [-0.2, 0) is 17.4 Å². The van der Waals surface area contributed by atoms with Gasteiger partial charge >= 0.3 is 12.1 Å². The maximum absolute atomic E-state index is 13.8. The number of rotatable bonds is 3. The second kappa shape index (κ2) is 7.70. The summed E-state index contributed by atoms with van der Waals surface area (Å²) in [6.07, 6.45) is -4.47. The number of aromatic nitrogens is 3. The molecule has 0 unspecified atom stereocenters. The summed E-state index contributed by atoms with van der Waals surface area (Å²) < 4.78 is 48.2. The molecule has 0 amide bonds. The molecule has 5 rings (SSSR count). The van der Waals surface area contributed by atoms with E-state index in [2.05, 4.69) is 10.2 Å². The number of hydrogen-bond acceptors (Lipinski definition) is 5. The van der Waals surface area contributed by atoms with E-state index in [0.717, 1.165) is 22.1 Å². The van der Waals surface area contributed by atoms with E-state index in [1.165, 1.54) is 23.9 Å². The van der Waals surface area contributed by atoms with Crippen LogP contribution in [-0.4, -0.2) is 32.4 Å². The number of carbonyl (C=O) groups is 1. The van der Waals surface area contributed by atoms with Crippen LogP contribution in [0.25, 0.3) is 5.69 Å². The highest BCUT2D eigenvalue weighted by atomic mass is 35.5. The van der Waals surface area contributed by atoms with Gasteiger partial charge in [0.2, 0.25) is 5.82 Å². The Kier molecular flexibility index (Phi) is 5.09. The standard InChI is InChI=1S/C21H15ClF3N3O3S/c22-11-4-5-14-13(8-11)18(12-3-1-2-10-6-7-31-17(10)12)32-15(9-16(29)30)19-26-27-20(28(14)19)21(23,24)25/h1-5,8,15,18H,6-7,9H2,(H,29,30)/t15-,18-/m1/s1. The van der Waals surface area contributed by atoms with Crippen molar-refractivity contribution < 1.29 is 27.8 Å². The molecule has 166 valence electrons. The maximum atomic E-state index is 13.8. The fourth-order valence-electron chi connectivity index (χ4n) is 4.15. The number of aliphatic carboxylic acids is 1. The summed E-state index contributed by atoms with van der Waals surface area (Å²) in [6, 6.07) is 10.2. The van der Waals surface area contributed by atoms with E-state index in [1.54, 1.807) is 6.07 Å². The predicted octanol–water partition coefficient (Wildman–Crippen LogP) is 5.23. The Morgan fingerprint density at radius 3 is 2.81 bits per heavy atom. The van der Waals surface area contributed by atoms with Crippen molar-refractivity contribution in [1.29, 1.82) is 0 Å². The van der Waals surface area contributed by atoms with Crippen molar-refractivity contribution in [3.8, 4) is 11.4 Å². The van der Waals surface area contributed by atoms with Crippen LogP contribution in [0.4, 0.5) is 13.2 Å². The van der Waals surface area contributed by atoms with Crippen molar-refractivity contribution in [1.82, 2.24) is 14.8 Å². The molecular formula is C21H15ClF3N3O3S. The molecule has 2 atom stereocenters. The van der Waals surface area contributed by atoms with Gasteiger partial charge in [-0.2, -0.15) is 13.2 Å². The van der Waals surface area contributed by atoms with Crippen molar-refractivity contribution in [3.63, 3.8) is 0 Å². The molecule has 0 saturated heterocycles. The summed E-state index contributed by atoms with van der Waals surface area (Å²) in [5, 5.41) is 15.6. The van der Waals surface area contributed by atoms with Gasteiger partial charge in [0.1, 0.15) is 5.75 Å². The van der Waals surface area contributed by atoms with Gasteiger partial charge < -0.3 is 9.84 Å². The molecule has 0 radical (unpaired) electrons. The minimum atomic E-state index is -4.78. The van der Waals surface area contributed by atoms with Gasteiger partial charge in [-0.1, -0.05) is 29.8 Å². The molecule has 2 aromatic carbocycles. The van der Waals surface area contributed by atoms with E-state index < -0.39 is 34.9 Å². The molecule has 32 heavy (non-hydrogen) atoms. The number of carboxylic acid groups (broad SMARTS) is 1.